The summed E-state index contributed by atoms with van der Waals surface area (Å²) in [4.78, 5) is 35.6. The third kappa shape index (κ3) is 5.35. The highest BCUT2D eigenvalue weighted by Gasteiger charge is 2.25. The SMILES string of the molecule is CCC(CNC(=O)C1CCC(=O)NC1)NC(=O)c1ccc(Cl)cc1N. The van der Waals surface area contributed by atoms with E-state index in [2.05, 4.69) is 16.0 Å². The number of nitrogen functional groups attached to an aromatic ring is 1. The summed E-state index contributed by atoms with van der Waals surface area (Å²) in [5.74, 6) is -0.667. The van der Waals surface area contributed by atoms with E-state index in [9.17, 15) is 14.4 Å². The van der Waals surface area contributed by atoms with Crippen molar-refractivity contribution in [1.82, 2.24) is 16.0 Å². The Balaban J connectivity index is 1.86. The number of hydrogen-bond acceptors (Lipinski definition) is 4. The first kappa shape index (κ1) is 19.1. The van der Waals surface area contributed by atoms with Crippen molar-refractivity contribution in [2.75, 3.05) is 18.8 Å². The number of halogens is 1. The normalized spacial score (nSPS) is 18.2. The molecule has 0 spiro atoms. The first-order valence-electron chi connectivity index (χ1n) is 8.31. The quantitative estimate of drug-likeness (QED) is 0.564. The summed E-state index contributed by atoms with van der Waals surface area (Å²) in [6.45, 7) is 2.59. The summed E-state index contributed by atoms with van der Waals surface area (Å²) in [5.41, 5.74) is 6.48. The van der Waals surface area contributed by atoms with Gasteiger partial charge in [-0.25, -0.2) is 0 Å². The molecule has 136 valence electrons. The smallest absolute Gasteiger partial charge is 0.253 e. The van der Waals surface area contributed by atoms with Crippen molar-refractivity contribution in [3.63, 3.8) is 0 Å². The minimum Gasteiger partial charge on any atom is -0.398 e. The van der Waals surface area contributed by atoms with Crippen molar-refractivity contribution in [3.05, 3.63) is 28.8 Å². The van der Waals surface area contributed by atoms with E-state index in [4.69, 9.17) is 17.3 Å². The van der Waals surface area contributed by atoms with Gasteiger partial charge in [0.2, 0.25) is 11.8 Å². The van der Waals surface area contributed by atoms with E-state index >= 15 is 0 Å². The van der Waals surface area contributed by atoms with Crippen LogP contribution in [0.15, 0.2) is 18.2 Å². The van der Waals surface area contributed by atoms with Gasteiger partial charge >= 0.3 is 0 Å². The number of rotatable bonds is 6. The molecular formula is C17H23ClN4O3. The maximum Gasteiger partial charge on any atom is 0.253 e. The summed E-state index contributed by atoms with van der Waals surface area (Å²) in [5, 5.41) is 8.85. The van der Waals surface area contributed by atoms with Crippen LogP contribution in [0.4, 0.5) is 5.69 Å². The molecule has 1 aromatic rings. The zero-order valence-corrected chi connectivity index (χ0v) is 14.9. The predicted molar refractivity (Wildman–Crippen MR) is 96.2 cm³/mol. The molecule has 3 amide bonds. The van der Waals surface area contributed by atoms with Crippen molar-refractivity contribution in [1.29, 1.82) is 0 Å². The van der Waals surface area contributed by atoms with E-state index in [0.29, 0.717) is 48.6 Å². The van der Waals surface area contributed by atoms with Crippen molar-refractivity contribution in [2.24, 2.45) is 5.92 Å². The average molecular weight is 367 g/mol. The maximum atomic E-state index is 12.3. The zero-order valence-electron chi connectivity index (χ0n) is 14.1. The molecule has 25 heavy (non-hydrogen) atoms. The first-order valence-corrected chi connectivity index (χ1v) is 8.68. The van der Waals surface area contributed by atoms with Crippen LogP contribution < -0.4 is 21.7 Å². The number of hydrogen-bond donors (Lipinski definition) is 4. The highest BCUT2D eigenvalue weighted by atomic mass is 35.5. The van der Waals surface area contributed by atoms with Gasteiger partial charge in [-0.2, -0.15) is 0 Å². The van der Waals surface area contributed by atoms with Gasteiger partial charge in [-0.3, -0.25) is 14.4 Å². The van der Waals surface area contributed by atoms with Crippen LogP contribution in [0.2, 0.25) is 5.02 Å². The number of nitrogens with one attached hydrogen (secondary N) is 3. The molecule has 0 bridgehead atoms. The van der Waals surface area contributed by atoms with Crippen LogP contribution in [0, 0.1) is 5.92 Å². The van der Waals surface area contributed by atoms with Crippen molar-refractivity contribution in [2.45, 2.75) is 32.2 Å². The lowest BCUT2D eigenvalue weighted by Crippen LogP contribution is -2.47. The summed E-state index contributed by atoms with van der Waals surface area (Å²) in [6, 6.07) is 4.48. The van der Waals surface area contributed by atoms with Crippen molar-refractivity contribution < 1.29 is 14.4 Å². The lowest BCUT2D eigenvalue weighted by Gasteiger charge is -2.23. The number of benzene rings is 1. The third-order valence-electron chi connectivity index (χ3n) is 4.25. The molecule has 0 aromatic heterocycles. The lowest BCUT2D eigenvalue weighted by molar-refractivity contribution is -0.129. The molecule has 0 saturated carbocycles. The van der Waals surface area contributed by atoms with Gasteiger partial charge in [0.25, 0.3) is 5.91 Å². The van der Waals surface area contributed by atoms with Gasteiger partial charge < -0.3 is 21.7 Å². The topological polar surface area (TPSA) is 113 Å². The Labute approximate surface area is 151 Å². The second kappa shape index (κ2) is 8.71. The van der Waals surface area contributed by atoms with Crippen molar-refractivity contribution in [3.8, 4) is 0 Å². The Hall–Kier alpha value is -2.28. The molecule has 1 aliphatic rings. The molecule has 2 rings (SSSR count). The standard InChI is InChI=1S/C17H23ClN4O3/c1-2-12(9-21-16(24)10-3-6-15(23)20-8-10)22-17(25)13-5-4-11(18)7-14(13)19/h4-5,7,10,12H,2-3,6,8-9,19H2,1H3,(H,20,23)(H,21,24)(H,22,25). The van der Waals surface area contributed by atoms with Crippen LogP contribution in [0.3, 0.4) is 0 Å². The van der Waals surface area contributed by atoms with Gasteiger partial charge in [-0.05, 0) is 31.0 Å². The number of carbonyl (C=O) groups excluding carboxylic acids is 3. The highest BCUT2D eigenvalue weighted by Crippen LogP contribution is 2.18. The van der Waals surface area contributed by atoms with Crippen LogP contribution >= 0.6 is 11.6 Å². The molecule has 2 unspecified atom stereocenters. The Morgan fingerprint density at radius 3 is 2.80 bits per heavy atom. The first-order chi connectivity index (χ1) is 11.9. The molecule has 1 fully saturated rings. The van der Waals surface area contributed by atoms with E-state index in [0.717, 1.165) is 0 Å². The molecule has 1 aliphatic heterocycles. The van der Waals surface area contributed by atoms with E-state index in [1.165, 1.54) is 6.07 Å². The van der Waals surface area contributed by atoms with Gasteiger partial charge in [0, 0.05) is 36.3 Å². The van der Waals surface area contributed by atoms with Crippen LogP contribution in [0.25, 0.3) is 0 Å². The molecule has 1 aromatic carbocycles. The molecule has 7 nitrogen and oxygen atoms in total. The number of nitrogens with two attached hydrogens (primary N) is 1. The van der Waals surface area contributed by atoms with Gasteiger partial charge in [0.1, 0.15) is 0 Å². The molecular weight excluding hydrogens is 344 g/mol. The fraction of sp³-hybridized carbons (Fsp3) is 0.471. The number of anilines is 1. The van der Waals surface area contributed by atoms with E-state index in [-0.39, 0.29) is 29.7 Å². The Morgan fingerprint density at radius 2 is 2.20 bits per heavy atom. The number of piperidine rings is 1. The van der Waals surface area contributed by atoms with Gasteiger partial charge in [0.05, 0.1) is 11.5 Å². The average Bonchev–Trinajstić information content (AvgIpc) is 2.58. The fourth-order valence-corrected chi connectivity index (χ4v) is 2.81. The highest BCUT2D eigenvalue weighted by molar-refractivity contribution is 6.31. The summed E-state index contributed by atoms with van der Waals surface area (Å²) in [6.07, 6.45) is 1.56. The molecule has 0 aliphatic carbocycles. The van der Waals surface area contributed by atoms with Crippen LogP contribution in [0.5, 0.6) is 0 Å². The molecule has 2 atom stereocenters. The number of amides is 3. The van der Waals surface area contributed by atoms with Gasteiger partial charge in [0.15, 0.2) is 0 Å². The summed E-state index contributed by atoms with van der Waals surface area (Å²) < 4.78 is 0. The van der Waals surface area contributed by atoms with E-state index in [1.807, 2.05) is 6.92 Å². The van der Waals surface area contributed by atoms with Crippen LogP contribution in [-0.4, -0.2) is 36.9 Å². The summed E-state index contributed by atoms with van der Waals surface area (Å²) in [7, 11) is 0. The van der Waals surface area contributed by atoms with E-state index < -0.39 is 0 Å². The van der Waals surface area contributed by atoms with Crippen molar-refractivity contribution >= 4 is 35.0 Å². The minimum absolute atomic E-state index is 0.0247. The molecule has 5 N–H and O–H groups in total. The largest absolute Gasteiger partial charge is 0.398 e. The zero-order chi connectivity index (χ0) is 18.4. The maximum absolute atomic E-state index is 12.3. The van der Waals surface area contributed by atoms with Crippen LogP contribution in [-0.2, 0) is 9.59 Å². The molecule has 8 heteroatoms. The van der Waals surface area contributed by atoms with Gasteiger partial charge in [-0.1, -0.05) is 18.5 Å². The fourth-order valence-electron chi connectivity index (χ4n) is 2.63. The third-order valence-corrected chi connectivity index (χ3v) is 4.48. The Kier molecular flexibility index (Phi) is 6.64. The van der Waals surface area contributed by atoms with Gasteiger partial charge in [-0.15, -0.1) is 0 Å². The molecule has 1 heterocycles. The Morgan fingerprint density at radius 1 is 1.44 bits per heavy atom. The molecule has 1 saturated heterocycles. The summed E-state index contributed by atoms with van der Waals surface area (Å²) >= 11 is 5.84. The number of carbonyl (C=O) groups is 3. The van der Waals surface area contributed by atoms with Crippen LogP contribution in [0.1, 0.15) is 36.5 Å². The minimum atomic E-state index is -0.305. The van der Waals surface area contributed by atoms with E-state index in [1.54, 1.807) is 12.1 Å². The Bertz CT molecular complexity index is 655. The molecule has 0 radical (unpaired) electrons. The second-order valence-corrected chi connectivity index (χ2v) is 6.53. The second-order valence-electron chi connectivity index (χ2n) is 6.10. The predicted octanol–water partition coefficient (Wildman–Crippen LogP) is 1.07. The monoisotopic (exact) mass is 366 g/mol. The lowest BCUT2D eigenvalue weighted by atomic mass is 9.98.